The summed E-state index contributed by atoms with van der Waals surface area (Å²) in [6.45, 7) is 4.46. The number of rotatable bonds is 4. The lowest BCUT2D eigenvalue weighted by molar-refractivity contribution is -0.0266. The standard InChI is InChI=1S/C19H23ClN2O/c1-14(23)22-12-11-21-13-18(22)19(15-5-3-2-4-6-15)16-7-9-17(20)10-8-16/h2-10,14,18-19,21,23H,11-13H2,1H3. The zero-order valence-electron chi connectivity index (χ0n) is 13.3. The van der Waals surface area contributed by atoms with E-state index in [4.69, 9.17) is 11.6 Å². The van der Waals surface area contributed by atoms with Crippen LogP contribution in [0.5, 0.6) is 0 Å². The van der Waals surface area contributed by atoms with Crippen molar-refractivity contribution in [3.63, 3.8) is 0 Å². The zero-order valence-corrected chi connectivity index (χ0v) is 14.1. The number of hydrogen-bond donors (Lipinski definition) is 2. The molecule has 3 nitrogen and oxygen atoms in total. The first-order valence-electron chi connectivity index (χ1n) is 8.12. The second-order valence-corrected chi connectivity index (χ2v) is 6.52. The number of nitrogens with one attached hydrogen (secondary N) is 1. The molecular weight excluding hydrogens is 308 g/mol. The number of halogens is 1. The van der Waals surface area contributed by atoms with E-state index in [0.717, 1.165) is 24.7 Å². The van der Waals surface area contributed by atoms with Crippen molar-refractivity contribution in [2.75, 3.05) is 19.6 Å². The van der Waals surface area contributed by atoms with Crippen molar-refractivity contribution in [2.24, 2.45) is 0 Å². The number of aliphatic hydroxyl groups excluding tert-OH is 1. The Bertz CT molecular complexity index is 615. The monoisotopic (exact) mass is 330 g/mol. The molecule has 1 saturated heterocycles. The highest BCUT2D eigenvalue weighted by Gasteiger charge is 2.33. The van der Waals surface area contributed by atoms with E-state index < -0.39 is 6.23 Å². The van der Waals surface area contributed by atoms with Gasteiger partial charge in [0.2, 0.25) is 0 Å². The van der Waals surface area contributed by atoms with Gasteiger partial charge in [-0.1, -0.05) is 54.1 Å². The Labute approximate surface area is 142 Å². The third kappa shape index (κ3) is 3.75. The molecule has 0 aliphatic carbocycles. The molecule has 1 aliphatic rings. The minimum absolute atomic E-state index is 0.191. The minimum atomic E-state index is -0.458. The summed E-state index contributed by atoms with van der Waals surface area (Å²) < 4.78 is 0. The number of hydrogen-bond acceptors (Lipinski definition) is 3. The van der Waals surface area contributed by atoms with Crippen LogP contribution < -0.4 is 5.32 Å². The fourth-order valence-electron chi connectivity index (χ4n) is 3.48. The predicted molar refractivity (Wildman–Crippen MR) is 94.8 cm³/mol. The fourth-order valence-corrected chi connectivity index (χ4v) is 3.61. The van der Waals surface area contributed by atoms with Gasteiger partial charge >= 0.3 is 0 Å². The second-order valence-electron chi connectivity index (χ2n) is 6.08. The molecule has 0 amide bonds. The maximum absolute atomic E-state index is 10.2. The average molecular weight is 331 g/mol. The first-order chi connectivity index (χ1) is 11.2. The molecule has 1 aliphatic heterocycles. The first kappa shape index (κ1) is 16.5. The molecule has 122 valence electrons. The van der Waals surface area contributed by atoms with Crippen LogP contribution in [0.4, 0.5) is 0 Å². The van der Waals surface area contributed by atoms with Gasteiger partial charge in [-0.25, -0.2) is 0 Å². The average Bonchev–Trinajstić information content (AvgIpc) is 2.58. The van der Waals surface area contributed by atoms with Gasteiger partial charge in [0.1, 0.15) is 6.23 Å². The van der Waals surface area contributed by atoms with Crippen LogP contribution in [0.3, 0.4) is 0 Å². The highest BCUT2D eigenvalue weighted by molar-refractivity contribution is 6.30. The summed E-state index contributed by atoms with van der Waals surface area (Å²) in [5.41, 5.74) is 2.48. The molecule has 1 heterocycles. The molecule has 0 aromatic heterocycles. The third-order valence-corrected chi connectivity index (χ3v) is 4.83. The molecule has 0 radical (unpaired) electrons. The van der Waals surface area contributed by atoms with Crippen LogP contribution in [-0.2, 0) is 0 Å². The van der Waals surface area contributed by atoms with E-state index in [0.29, 0.717) is 0 Å². The van der Waals surface area contributed by atoms with Gasteiger partial charge in [0.05, 0.1) is 0 Å². The first-order valence-corrected chi connectivity index (χ1v) is 8.49. The van der Waals surface area contributed by atoms with Crippen LogP contribution in [0, 0.1) is 0 Å². The van der Waals surface area contributed by atoms with Crippen LogP contribution in [0.25, 0.3) is 0 Å². The molecule has 23 heavy (non-hydrogen) atoms. The van der Waals surface area contributed by atoms with E-state index in [9.17, 15) is 5.11 Å². The number of piperazine rings is 1. The molecule has 4 heteroatoms. The molecule has 2 aromatic carbocycles. The quantitative estimate of drug-likeness (QED) is 0.904. The fraction of sp³-hybridized carbons (Fsp3) is 0.368. The molecule has 1 fully saturated rings. The summed E-state index contributed by atoms with van der Waals surface area (Å²) in [4.78, 5) is 2.18. The van der Waals surface area contributed by atoms with Crippen molar-refractivity contribution in [3.05, 3.63) is 70.7 Å². The number of aliphatic hydroxyl groups is 1. The Kier molecular flexibility index (Phi) is 5.34. The Hall–Kier alpha value is -1.39. The summed E-state index contributed by atoms with van der Waals surface area (Å²) in [5, 5.41) is 14.4. The van der Waals surface area contributed by atoms with Gasteiger partial charge in [0, 0.05) is 36.6 Å². The Morgan fingerprint density at radius 2 is 1.74 bits per heavy atom. The van der Waals surface area contributed by atoms with Crippen molar-refractivity contribution >= 4 is 11.6 Å². The van der Waals surface area contributed by atoms with E-state index in [1.165, 1.54) is 11.1 Å². The van der Waals surface area contributed by atoms with Crippen LogP contribution >= 0.6 is 11.6 Å². The van der Waals surface area contributed by atoms with E-state index in [-0.39, 0.29) is 12.0 Å². The van der Waals surface area contributed by atoms with E-state index in [1.54, 1.807) is 0 Å². The number of nitrogens with zero attached hydrogens (tertiary/aromatic N) is 1. The topological polar surface area (TPSA) is 35.5 Å². The van der Waals surface area contributed by atoms with Crippen molar-refractivity contribution < 1.29 is 5.11 Å². The van der Waals surface area contributed by atoms with Gasteiger partial charge in [-0.15, -0.1) is 0 Å². The number of benzene rings is 2. The minimum Gasteiger partial charge on any atom is -0.379 e. The molecule has 2 N–H and O–H groups in total. The molecule has 0 bridgehead atoms. The lowest BCUT2D eigenvalue weighted by atomic mass is 9.83. The van der Waals surface area contributed by atoms with Gasteiger partial charge in [0.15, 0.2) is 0 Å². The third-order valence-electron chi connectivity index (χ3n) is 4.58. The van der Waals surface area contributed by atoms with Crippen LogP contribution in [0.2, 0.25) is 5.02 Å². The zero-order chi connectivity index (χ0) is 16.2. The highest BCUT2D eigenvalue weighted by atomic mass is 35.5. The van der Waals surface area contributed by atoms with Crippen LogP contribution in [0.15, 0.2) is 54.6 Å². The van der Waals surface area contributed by atoms with Gasteiger partial charge in [-0.2, -0.15) is 0 Å². The van der Waals surface area contributed by atoms with E-state index in [2.05, 4.69) is 46.6 Å². The lowest BCUT2D eigenvalue weighted by Gasteiger charge is -2.42. The lowest BCUT2D eigenvalue weighted by Crippen LogP contribution is -2.56. The molecule has 3 unspecified atom stereocenters. The smallest absolute Gasteiger partial charge is 0.104 e. The second kappa shape index (κ2) is 7.45. The molecule has 0 spiro atoms. The van der Waals surface area contributed by atoms with E-state index in [1.807, 2.05) is 25.1 Å². The SMILES string of the molecule is CC(O)N1CCNCC1C(c1ccccc1)c1ccc(Cl)cc1. The summed E-state index contributed by atoms with van der Waals surface area (Å²) >= 11 is 6.06. The largest absolute Gasteiger partial charge is 0.379 e. The Balaban J connectivity index is 2.02. The van der Waals surface area contributed by atoms with Crippen molar-refractivity contribution in [3.8, 4) is 0 Å². The van der Waals surface area contributed by atoms with Crippen LogP contribution in [0.1, 0.15) is 24.0 Å². The van der Waals surface area contributed by atoms with E-state index >= 15 is 0 Å². The van der Waals surface area contributed by atoms with Crippen LogP contribution in [-0.4, -0.2) is 41.9 Å². The Morgan fingerprint density at radius 1 is 1.09 bits per heavy atom. The maximum Gasteiger partial charge on any atom is 0.104 e. The van der Waals surface area contributed by atoms with Gasteiger partial charge in [-0.05, 0) is 30.2 Å². The van der Waals surface area contributed by atoms with Crippen molar-refractivity contribution in [2.45, 2.75) is 25.1 Å². The maximum atomic E-state index is 10.2. The van der Waals surface area contributed by atoms with Gasteiger partial charge in [-0.3, -0.25) is 4.90 Å². The summed E-state index contributed by atoms with van der Waals surface area (Å²) in [7, 11) is 0. The van der Waals surface area contributed by atoms with Gasteiger partial charge < -0.3 is 10.4 Å². The molecule has 3 atom stereocenters. The predicted octanol–water partition coefficient (Wildman–Crippen LogP) is 3.08. The molecular formula is C19H23ClN2O. The molecule has 0 saturated carbocycles. The van der Waals surface area contributed by atoms with Crippen molar-refractivity contribution in [1.82, 2.24) is 10.2 Å². The molecule has 2 aromatic rings. The molecule has 3 rings (SSSR count). The van der Waals surface area contributed by atoms with Gasteiger partial charge in [0.25, 0.3) is 0 Å². The Morgan fingerprint density at radius 3 is 2.39 bits per heavy atom. The summed E-state index contributed by atoms with van der Waals surface area (Å²) in [6, 6.07) is 18.8. The summed E-state index contributed by atoms with van der Waals surface area (Å²) in [6.07, 6.45) is -0.458. The normalized spacial score (nSPS) is 21.8. The van der Waals surface area contributed by atoms with Crippen molar-refractivity contribution in [1.29, 1.82) is 0 Å². The summed E-state index contributed by atoms with van der Waals surface area (Å²) in [5.74, 6) is 0.191. The highest BCUT2D eigenvalue weighted by Crippen LogP contribution is 2.33.